The number of halogens is 1. The molecule has 152 valence electrons. The van der Waals surface area contributed by atoms with E-state index in [9.17, 15) is 17.6 Å². The van der Waals surface area contributed by atoms with Crippen LogP contribution in [0.3, 0.4) is 0 Å². The van der Waals surface area contributed by atoms with Gasteiger partial charge < -0.3 is 10.1 Å². The molecule has 6 nitrogen and oxygen atoms in total. The van der Waals surface area contributed by atoms with Crippen molar-refractivity contribution in [1.82, 2.24) is 9.62 Å². The van der Waals surface area contributed by atoms with Gasteiger partial charge in [-0.1, -0.05) is 26.0 Å². The smallest absolute Gasteiger partial charge is 0.251 e. The average Bonchev–Trinajstić information content (AvgIpc) is 2.68. The number of amides is 1. The molecule has 1 atom stereocenters. The first-order chi connectivity index (χ1) is 13.2. The quantitative estimate of drug-likeness (QED) is 0.727. The van der Waals surface area contributed by atoms with Crippen LogP contribution >= 0.6 is 0 Å². The third-order valence-corrected chi connectivity index (χ3v) is 6.51. The van der Waals surface area contributed by atoms with Crippen LogP contribution in [-0.2, 0) is 10.0 Å². The summed E-state index contributed by atoms with van der Waals surface area (Å²) in [6.45, 7) is 5.92. The molecule has 2 aromatic carbocycles. The topological polar surface area (TPSA) is 75.7 Å². The van der Waals surface area contributed by atoms with Gasteiger partial charge in [-0.15, -0.1) is 0 Å². The van der Waals surface area contributed by atoms with Crippen molar-refractivity contribution < 1.29 is 22.3 Å². The van der Waals surface area contributed by atoms with E-state index in [2.05, 4.69) is 5.32 Å². The van der Waals surface area contributed by atoms with Gasteiger partial charge in [-0.2, -0.15) is 4.31 Å². The number of nitrogens with zero attached hydrogens (tertiary/aromatic N) is 1. The zero-order chi connectivity index (χ0) is 20.9. The van der Waals surface area contributed by atoms with Gasteiger partial charge in [-0.25, -0.2) is 12.8 Å². The normalized spacial score (nSPS) is 12.6. The van der Waals surface area contributed by atoms with Gasteiger partial charge in [-0.3, -0.25) is 4.79 Å². The first-order valence-electron chi connectivity index (χ1n) is 8.99. The maximum absolute atomic E-state index is 13.9. The first-order valence-corrected chi connectivity index (χ1v) is 10.4. The van der Waals surface area contributed by atoms with E-state index in [1.54, 1.807) is 26.8 Å². The molecule has 0 aliphatic rings. The van der Waals surface area contributed by atoms with Gasteiger partial charge in [0, 0.05) is 18.7 Å². The SMILES string of the molecule is CCN(CC)S(=O)(=O)c1cccc(C(=O)N[C@H](C)c2ccc(OC)c(F)c2)c1. The fourth-order valence-corrected chi connectivity index (χ4v) is 4.33. The molecule has 0 fully saturated rings. The number of methoxy groups -OCH3 is 1. The third kappa shape index (κ3) is 4.69. The Morgan fingerprint density at radius 1 is 1.18 bits per heavy atom. The zero-order valence-corrected chi connectivity index (χ0v) is 17.2. The van der Waals surface area contributed by atoms with E-state index < -0.39 is 27.8 Å². The van der Waals surface area contributed by atoms with Gasteiger partial charge in [0.1, 0.15) is 0 Å². The van der Waals surface area contributed by atoms with Crippen molar-refractivity contribution in [3.05, 3.63) is 59.4 Å². The largest absolute Gasteiger partial charge is 0.494 e. The van der Waals surface area contributed by atoms with Crippen LogP contribution in [0.25, 0.3) is 0 Å². The Bertz CT molecular complexity index is 943. The molecular weight excluding hydrogens is 383 g/mol. The minimum atomic E-state index is -3.66. The number of sulfonamides is 1. The summed E-state index contributed by atoms with van der Waals surface area (Å²) in [5.41, 5.74) is 0.785. The molecule has 0 heterocycles. The van der Waals surface area contributed by atoms with Crippen molar-refractivity contribution in [2.75, 3.05) is 20.2 Å². The van der Waals surface area contributed by atoms with Crippen molar-refractivity contribution in [3.63, 3.8) is 0 Å². The number of benzene rings is 2. The highest BCUT2D eigenvalue weighted by Gasteiger charge is 2.23. The highest BCUT2D eigenvalue weighted by Crippen LogP contribution is 2.22. The molecule has 1 N–H and O–H groups in total. The lowest BCUT2D eigenvalue weighted by Gasteiger charge is -2.19. The Morgan fingerprint density at radius 2 is 1.86 bits per heavy atom. The van der Waals surface area contributed by atoms with Crippen LogP contribution in [0.4, 0.5) is 4.39 Å². The van der Waals surface area contributed by atoms with Crippen LogP contribution in [-0.4, -0.2) is 38.8 Å². The fraction of sp³-hybridized carbons (Fsp3) is 0.350. The molecule has 0 aromatic heterocycles. The number of hydrogen-bond donors (Lipinski definition) is 1. The zero-order valence-electron chi connectivity index (χ0n) is 16.4. The lowest BCUT2D eigenvalue weighted by molar-refractivity contribution is 0.0939. The van der Waals surface area contributed by atoms with Crippen LogP contribution < -0.4 is 10.1 Å². The molecule has 0 radical (unpaired) electrons. The molecule has 0 aliphatic heterocycles. The number of nitrogens with one attached hydrogen (secondary N) is 1. The Labute approximate surface area is 165 Å². The Morgan fingerprint density at radius 3 is 2.43 bits per heavy atom. The van der Waals surface area contributed by atoms with Crippen LogP contribution in [0.2, 0.25) is 0 Å². The maximum atomic E-state index is 13.9. The lowest BCUT2D eigenvalue weighted by atomic mass is 10.1. The summed E-state index contributed by atoms with van der Waals surface area (Å²) >= 11 is 0. The summed E-state index contributed by atoms with van der Waals surface area (Å²) in [5, 5.41) is 2.76. The monoisotopic (exact) mass is 408 g/mol. The Kier molecular flexibility index (Phi) is 7.15. The molecule has 28 heavy (non-hydrogen) atoms. The van der Waals surface area contributed by atoms with Crippen LogP contribution in [0.1, 0.15) is 42.7 Å². The van der Waals surface area contributed by atoms with E-state index in [4.69, 9.17) is 4.74 Å². The fourth-order valence-electron chi connectivity index (χ4n) is 2.83. The number of carbonyl (C=O) groups is 1. The second kappa shape index (κ2) is 9.16. The molecule has 0 bridgehead atoms. The van der Waals surface area contributed by atoms with Crippen molar-refractivity contribution in [2.45, 2.75) is 31.7 Å². The van der Waals surface area contributed by atoms with Gasteiger partial charge in [0.15, 0.2) is 11.6 Å². The second-order valence-electron chi connectivity index (χ2n) is 6.21. The summed E-state index contributed by atoms with van der Waals surface area (Å²) in [5.74, 6) is -0.842. The van der Waals surface area contributed by atoms with Gasteiger partial charge in [0.25, 0.3) is 5.91 Å². The molecule has 1 amide bonds. The van der Waals surface area contributed by atoms with Crippen LogP contribution in [0, 0.1) is 5.82 Å². The number of carbonyl (C=O) groups excluding carboxylic acids is 1. The summed E-state index contributed by atoms with van der Waals surface area (Å²) in [6, 6.07) is 9.86. The molecule has 2 aromatic rings. The van der Waals surface area contributed by atoms with E-state index in [-0.39, 0.29) is 16.2 Å². The van der Waals surface area contributed by atoms with Gasteiger partial charge in [0.05, 0.1) is 18.0 Å². The molecule has 0 saturated heterocycles. The minimum absolute atomic E-state index is 0.0620. The molecule has 8 heteroatoms. The summed E-state index contributed by atoms with van der Waals surface area (Å²) in [4.78, 5) is 12.6. The molecule has 0 aliphatic carbocycles. The highest BCUT2D eigenvalue weighted by atomic mass is 32.2. The Balaban J connectivity index is 2.22. The third-order valence-electron chi connectivity index (χ3n) is 4.46. The van der Waals surface area contributed by atoms with Gasteiger partial charge in [-0.05, 0) is 42.8 Å². The van der Waals surface area contributed by atoms with Crippen molar-refractivity contribution >= 4 is 15.9 Å². The predicted molar refractivity (Wildman–Crippen MR) is 105 cm³/mol. The van der Waals surface area contributed by atoms with Crippen molar-refractivity contribution in [1.29, 1.82) is 0 Å². The minimum Gasteiger partial charge on any atom is -0.494 e. The van der Waals surface area contributed by atoms with E-state index in [0.29, 0.717) is 18.7 Å². The Hall–Kier alpha value is -2.45. The van der Waals surface area contributed by atoms with Gasteiger partial charge in [0.2, 0.25) is 10.0 Å². The van der Waals surface area contributed by atoms with E-state index in [1.165, 1.54) is 47.8 Å². The average molecular weight is 408 g/mol. The van der Waals surface area contributed by atoms with Crippen LogP contribution in [0.15, 0.2) is 47.4 Å². The van der Waals surface area contributed by atoms with E-state index >= 15 is 0 Å². The van der Waals surface area contributed by atoms with Crippen molar-refractivity contribution in [2.24, 2.45) is 0 Å². The first kappa shape index (κ1) is 21.8. The highest BCUT2D eigenvalue weighted by molar-refractivity contribution is 7.89. The lowest BCUT2D eigenvalue weighted by Crippen LogP contribution is -2.31. The molecular formula is C20H25FN2O4S. The standard InChI is InChI=1S/C20H25FN2O4S/c1-5-23(6-2)28(25,26)17-9-7-8-16(12-17)20(24)22-14(3)15-10-11-19(27-4)18(21)13-15/h7-14H,5-6H2,1-4H3,(H,22,24)/t14-/m1/s1. The maximum Gasteiger partial charge on any atom is 0.251 e. The summed E-state index contributed by atoms with van der Waals surface area (Å²) in [6.07, 6.45) is 0. The summed E-state index contributed by atoms with van der Waals surface area (Å²) < 4.78 is 45.4. The molecule has 0 spiro atoms. The van der Waals surface area contributed by atoms with Crippen molar-refractivity contribution in [3.8, 4) is 5.75 Å². The summed E-state index contributed by atoms with van der Waals surface area (Å²) in [7, 11) is -2.28. The number of ether oxygens (including phenoxy) is 1. The molecule has 2 rings (SSSR count). The van der Waals surface area contributed by atoms with Gasteiger partial charge >= 0.3 is 0 Å². The van der Waals surface area contributed by atoms with Crippen LogP contribution in [0.5, 0.6) is 5.75 Å². The second-order valence-corrected chi connectivity index (χ2v) is 8.14. The number of hydrogen-bond acceptors (Lipinski definition) is 4. The molecule has 0 saturated carbocycles. The number of rotatable bonds is 8. The predicted octanol–water partition coefficient (Wildman–Crippen LogP) is 3.36. The molecule has 0 unspecified atom stereocenters. The van der Waals surface area contributed by atoms with E-state index in [1.807, 2.05) is 0 Å². The van der Waals surface area contributed by atoms with E-state index in [0.717, 1.165) is 0 Å².